The first-order valence-corrected chi connectivity index (χ1v) is 8.63. The van der Waals surface area contributed by atoms with Crippen LogP contribution >= 0.6 is 15.9 Å². The molecule has 2 heterocycles. The first kappa shape index (κ1) is 18.2. The van der Waals surface area contributed by atoms with Gasteiger partial charge in [-0.05, 0) is 48.5 Å². The van der Waals surface area contributed by atoms with E-state index in [1.807, 2.05) is 60.7 Å². The van der Waals surface area contributed by atoms with Gasteiger partial charge in [0.15, 0.2) is 0 Å². The van der Waals surface area contributed by atoms with Crippen molar-refractivity contribution in [2.45, 2.75) is 6.54 Å². The van der Waals surface area contributed by atoms with Crippen molar-refractivity contribution in [2.75, 3.05) is 10.6 Å². The van der Waals surface area contributed by atoms with Crippen LogP contribution < -0.4 is 23.0 Å². The Morgan fingerprint density at radius 2 is 1.73 bits per heavy atom. The van der Waals surface area contributed by atoms with Crippen molar-refractivity contribution in [2.24, 2.45) is 0 Å². The van der Waals surface area contributed by atoms with Crippen LogP contribution in [0.25, 0.3) is 10.9 Å². The third-order valence-electron chi connectivity index (χ3n) is 3.71. The average Bonchev–Trinajstić information content (AvgIpc) is 3.15. The molecule has 4 rings (SSSR count). The summed E-state index contributed by atoms with van der Waals surface area (Å²) in [7, 11) is 0. The minimum Gasteiger partial charge on any atom is -1.00 e. The fraction of sp³-hybridized carbons (Fsp3) is 0.0526. The number of fused-ring (bicyclic) bond motifs is 1. The maximum Gasteiger partial charge on any atom is 0.229 e. The predicted octanol–water partition coefficient (Wildman–Crippen LogP) is 2.35. The summed E-state index contributed by atoms with van der Waals surface area (Å²) in [5, 5.41) is 7.55. The second kappa shape index (κ2) is 8.21. The van der Waals surface area contributed by atoms with E-state index in [4.69, 9.17) is 4.42 Å². The lowest BCUT2D eigenvalue weighted by Gasteiger charge is -2.11. The zero-order chi connectivity index (χ0) is 17.1. The van der Waals surface area contributed by atoms with E-state index >= 15 is 0 Å². The van der Waals surface area contributed by atoms with Gasteiger partial charge in [0.05, 0.1) is 18.3 Å². The van der Waals surface area contributed by atoms with Crippen molar-refractivity contribution < 1.29 is 16.8 Å². The number of nitrogens with zero attached hydrogens (tertiary/aromatic N) is 2. The third kappa shape index (κ3) is 4.15. The molecule has 4 aromatic rings. The van der Waals surface area contributed by atoms with Crippen LogP contribution in [0.2, 0.25) is 0 Å². The van der Waals surface area contributed by atoms with Crippen molar-refractivity contribution in [3.63, 3.8) is 0 Å². The summed E-state index contributed by atoms with van der Waals surface area (Å²) in [6.45, 7) is 0.561. The molecule has 2 aromatic heterocycles. The topological polar surface area (TPSA) is 63.0 Å². The van der Waals surface area contributed by atoms with Gasteiger partial charge in [-0.3, -0.25) is 0 Å². The number of benzene rings is 2. The van der Waals surface area contributed by atoms with E-state index < -0.39 is 0 Å². The largest absolute Gasteiger partial charge is 1.00 e. The molecule has 0 aliphatic carbocycles. The average molecular weight is 431 g/mol. The molecule has 5 nitrogen and oxygen atoms in total. The van der Waals surface area contributed by atoms with Gasteiger partial charge in [0, 0.05) is 15.5 Å². The van der Waals surface area contributed by atoms with Crippen LogP contribution in [-0.4, -0.2) is 9.97 Å². The summed E-state index contributed by atoms with van der Waals surface area (Å²) < 4.78 is 6.40. The molecule has 26 heavy (non-hydrogen) atoms. The van der Waals surface area contributed by atoms with Gasteiger partial charge >= 0.3 is 0 Å². The molecular weight excluding hydrogens is 416 g/mol. The molecule has 0 saturated heterocycles. The lowest BCUT2D eigenvalue weighted by molar-refractivity contribution is -0.00000546. The maximum absolute atomic E-state index is 5.38. The number of furan rings is 1. The number of rotatable bonds is 5. The second-order valence-corrected chi connectivity index (χ2v) is 6.39. The van der Waals surface area contributed by atoms with E-state index in [2.05, 4.69) is 36.5 Å². The van der Waals surface area contributed by atoms with Gasteiger partial charge in [-0.2, -0.15) is 4.98 Å². The van der Waals surface area contributed by atoms with E-state index in [0.29, 0.717) is 12.5 Å². The molecular formula is C19H15BrClN4O-. The van der Waals surface area contributed by atoms with Crippen LogP contribution in [0.1, 0.15) is 5.76 Å². The Kier molecular flexibility index (Phi) is 5.75. The van der Waals surface area contributed by atoms with E-state index in [-0.39, 0.29) is 12.4 Å². The van der Waals surface area contributed by atoms with Crippen molar-refractivity contribution in [1.82, 2.24) is 9.97 Å². The number of hydrogen-bond donors (Lipinski definition) is 2. The lowest BCUT2D eigenvalue weighted by atomic mass is 10.2. The molecule has 0 saturated carbocycles. The predicted molar refractivity (Wildman–Crippen MR) is 103 cm³/mol. The molecule has 2 aromatic carbocycles. The van der Waals surface area contributed by atoms with Crippen molar-refractivity contribution in [3.05, 3.63) is 77.2 Å². The first-order chi connectivity index (χ1) is 12.3. The summed E-state index contributed by atoms with van der Waals surface area (Å²) in [5.41, 5.74) is 1.80. The Morgan fingerprint density at radius 1 is 0.923 bits per heavy atom. The van der Waals surface area contributed by atoms with Crippen LogP contribution in [0.15, 0.2) is 75.8 Å². The van der Waals surface area contributed by atoms with Crippen LogP contribution in [0.3, 0.4) is 0 Å². The molecule has 7 heteroatoms. The molecule has 2 N–H and O–H groups in total. The summed E-state index contributed by atoms with van der Waals surface area (Å²) in [4.78, 5) is 9.23. The normalized spacial score (nSPS) is 10.3. The summed E-state index contributed by atoms with van der Waals surface area (Å²) >= 11 is 3.44. The Hall–Kier alpha value is -2.57. The highest BCUT2D eigenvalue weighted by molar-refractivity contribution is 9.10. The zero-order valence-electron chi connectivity index (χ0n) is 13.6. The van der Waals surface area contributed by atoms with Gasteiger partial charge in [-0.15, -0.1) is 0 Å². The molecule has 0 aliphatic rings. The molecule has 0 spiro atoms. The number of halogens is 2. The molecule has 0 fully saturated rings. The first-order valence-electron chi connectivity index (χ1n) is 7.83. The number of anilines is 3. The third-order valence-corrected chi connectivity index (χ3v) is 4.24. The number of hydrogen-bond acceptors (Lipinski definition) is 5. The minimum absolute atomic E-state index is 0. The minimum atomic E-state index is 0. The van der Waals surface area contributed by atoms with E-state index in [9.17, 15) is 0 Å². The smallest absolute Gasteiger partial charge is 0.229 e. The van der Waals surface area contributed by atoms with Crippen LogP contribution in [-0.2, 0) is 6.54 Å². The standard InChI is InChI=1S/C19H15BrN4O.ClH/c20-13-7-9-14(10-8-13)22-19-23-17-6-2-1-5-16(17)18(24-19)21-12-15-4-3-11-25-15;/h1-11H,12H2,(H2,21,22,23,24);1H/p-1. The van der Waals surface area contributed by atoms with Gasteiger partial charge in [0.25, 0.3) is 0 Å². The Balaban J connectivity index is 0.00000196. The van der Waals surface area contributed by atoms with Gasteiger partial charge in [0.1, 0.15) is 11.6 Å². The van der Waals surface area contributed by atoms with Crippen LogP contribution in [0.4, 0.5) is 17.5 Å². The second-order valence-electron chi connectivity index (χ2n) is 5.48. The number of para-hydroxylation sites is 1. The Bertz CT molecular complexity index is 990. The Labute approximate surface area is 165 Å². The van der Waals surface area contributed by atoms with Crippen LogP contribution in [0, 0.1) is 0 Å². The maximum atomic E-state index is 5.38. The Morgan fingerprint density at radius 3 is 2.50 bits per heavy atom. The quantitative estimate of drug-likeness (QED) is 0.509. The zero-order valence-corrected chi connectivity index (χ0v) is 16.0. The monoisotopic (exact) mass is 429 g/mol. The molecule has 0 radical (unpaired) electrons. The fourth-order valence-electron chi connectivity index (χ4n) is 2.51. The fourth-order valence-corrected chi connectivity index (χ4v) is 2.78. The van der Waals surface area contributed by atoms with Crippen molar-refractivity contribution in [1.29, 1.82) is 0 Å². The van der Waals surface area contributed by atoms with Gasteiger partial charge < -0.3 is 27.5 Å². The molecule has 0 bridgehead atoms. The molecule has 0 aliphatic heterocycles. The van der Waals surface area contributed by atoms with Gasteiger partial charge in [-0.25, -0.2) is 4.98 Å². The summed E-state index contributed by atoms with van der Waals surface area (Å²) in [6, 6.07) is 19.6. The molecule has 0 amide bonds. The van der Waals surface area contributed by atoms with E-state index in [1.165, 1.54) is 0 Å². The summed E-state index contributed by atoms with van der Waals surface area (Å²) in [6.07, 6.45) is 1.66. The lowest BCUT2D eigenvalue weighted by Crippen LogP contribution is -3.00. The molecule has 0 atom stereocenters. The van der Waals surface area contributed by atoms with Gasteiger partial charge in [-0.1, -0.05) is 28.1 Å². The summed E-state index contributed by atoms with van der Waals surface area (Å²) in [5.74, 6) is 2.16. The highest BCUT2D eigenvalue weighted by Gasteiger charge is 2.08. The number of aromatic nitrogens is 2. The van der Waals surface area contributed by atoms with Gasteiger partial charge in [0.2, 0.25) is 5.95 Å². The number of nitrogens with one attached hydrogen (secondary N) is 2. The SMILES string of the molecule is Brc1ccc(Nc2nc(NCc3ccco3)c3ccccc3n2)cc1.[Cl-]. The van der Waals surface area contributed by atoms with Crippen molar-refractivity contribution in [3.8, 4) is 0 Å². The van der Waals surface area contributed by atoms with Crippen LogP contribution in [0.5, 0.6) is 0 Å². The van der Waals surface area contributed by atoms with E-state index in [1.54, 1.807) is 6.26 Å². The molecule has 0 unspecified atom stereocenters. The highest BCUT2D eigenvalue weighted by Crippen LogP contribution is 2.24. The molecule has 132 valence electrons. The van der Waals surface area contributed by atoms with Crippen molar-refractivity contribution >= 4 is 44.3 Å². The highest BCUT2D eigenvalue weighted by atomic mass is 79.9. The van der Waals surface area contributed by atoms with E-state index in [0.717, 1.165) is 32.6 Å².